The van der Waals surface area contributed by atoms with Gasteiger partial charge in [0.15, 0.2) is 5.78 Å². The van der Waals surface area contributed by atoms with E-state index in [2.05, 4.69) is 0 Å². The molecule has 1 aliphatic heterocycles. The van der Waals surface area contributed by atoms with Crippen molar-refractivity contribution >= 4 is 11.8 Å². The van der Waals surface area contributed by atoms with Gasteiger partial charge in [0.05, 0.1) is 0 Å². The van der Waals surface area contributed by atoms with Crippen LogP contribution < -0.4 is 0 Å². The van der Waals surface area contributed by atoms with E-state index in [1.165, 1.54) is 13.0 Å². The fourth-order valence-corrected chi connectivity index (χ4v) is 1.59. The number of allylic oxidation sites excluding steroid dienone is 1. The first-order valence-electron chi connectivity index (χ1n) is 4.88. The minimum absolute atomic E-state index is 0.0204. The molecule has 0 aliphatic carbocycles. The Morgan fingerprint density at radius 2 is 2.21 bits per heavy atom. The van der Waals surface area contributed by atoms with E-state index in [9.17, 15) is 9.59 Å². The van der Waals surface area contributed by atoms with Crippen LogP contribution in [-0.2, 0) is 14.3 Å². The molecule has 1 aliphatic rings. The van der Waals surface area contributed by atoms with Gasteiger partial charge in [0.1, 0.15) is 5.60 Å². The van der Waals surface area contributed by atoms with Crippen molar-refractivity contribution in [3.63, 3.8) is 0 Å². The van der Waals surface area contributed by atoms with E-state index in [1.54, 1.807) is 6.08 Å². The summed E-state index contributed by atoms with van der Waals surface area (Å²) < 4.78 is 5.28. The Bertz CT molecular complexity index is 278. The lowest BCUT2D eigenvalue weighted by Crippen LogP contribution is -2.32. The van der Waals surface area contributed by atoms with Crippen molar-refractivity contribution in [1.82, 2.24) is 0 Å². The Balaban J connectivity index is 2.84. The van der Waals surface area contributed by atoms with Crippen LogP contribution in [0.5, 0.6) is 0 Å². The van der Waals surface area contributed by atoms with Gasteiger partial charge in [-0.3, -0.25) is 9.59 Å². The number of hydrogen-bond acceptors (Lipinski definition) is 3. The van der Waals surface area contributed by atoms with Crippen LogP contribution in [0, 0.1) is 5.92 Å². The molecule has 0 bridgehead atoms. The molecule has 0 N–H and O–H groups in total. The van der Waals surface area contributed by atoms with Crippen molar-refractivity contribution in [2.75, 3.05) is 0 Å². The molecule has 14 heavy (non-hydrogen) atoms. The molecule has 1 atom stereocenters. The highest BCUT2D eigenvalue weighted by Crippen LogP contribution is 2.34. The molecule has 0 unspecified atom stereocenters. The first-order valence-corrected chi connectivity index (χ1v) is 4.88. The topological polar surface area (TPSA) is 43.4 Å². The van der Waals surface area contributed by atoms with E-state index < -0.39 is 5.60 Å². The lowest BCUT2D eigenvalue weighted by Gasteiger charge is -2.28. The maximum atomic E-state index is 11.1. The lowest BCUT2D eigenvalue weighted by atomic mass is 9.87. The molecule has 1 saturated heterocycles. The van der Waals surface area contributed by atoms with Crippen LogP contribution in [0.15, 0.2) is 12.2 Å². The van der Waals surface area contributed by atoms with Crippen molar-refractivity contribution < 1.29 is 14.3 Å². The number of ether oxygens (including phenoxy) is 1. The first-order chi connectivity index (χ1) is 6.46. The summed E-state index contributed by atoms with van der Waals surface area (Å²) in [6.07, 6.45) is 4.33. The third-order valence-corrected chi connectivity index (χ3v) is 2.60. The number of carbonyl (C=O) groups excluding carboxylic acids is 2. The Morgan fingerprint density at radius 1 is 1.57 bits per heavy atom. The van der Waals surface area contributed by atoms with Gasteiger partial charge >= 0.3 is 5.97 Å². The van der Waals surface area contributed by atoms with Crippen molar-refractivity contribution in [3.8, 4) is 0 Å². The molecule has 0 aromatic rings. The van der Waals surface area contributed by atoms with Crippen LogP contribution in [0.25, 0.3) is 0 Å². The second kappa shape index (κ2) is 3.95. The maximum absolute atomic E-state index is 11.1. The number of rotatable bonds is 3. The van der Waals surface area contributed by atoms with Crippen molar-refractivity contribution in [2.24, 2.45) is 5.92 Å². The average molecular weight is 196 g/mol. The fraction of sp³-hybridized carbons (Fsp3) is 0.636. The molecule has 0 spiro atoms. The summed E-state index contributed by atoms with van der Waals surface area (Å²) in [4.78, 5) is 21.9. The summed E-state index contributed by atoms with van der Waals surface area (Å²) in [6, 6.07) is 0. The molecule has 1 fully saturated rings. The van der Waals surface area contributed by atoms with Crippen LogP contribution in [0.3, 0.4) is 0 Å². The summed E-state index contributed by atoms with van der Waals surface area (Å²) in [5.41, 5.74) is -0.553. The standard InChI is InChI=1S/C11H16O3/c1-8(2)11(6-4-9(3)12)7-5-10(13)14-11/h4,6,8H,5,7H2,1-3H3/b6-4+/t11-/m1/s1. The summed E-state index contributed by atoms with van der Waals surface area (Å²) in [5, 5.41) is 0. The monoisotopic (exact) mass is 196 g/mol. The normalized spacial score (nSPS) is 27.3. The second-order valence-electron chi connectivity index (χ2n) is 4.03. The highest BCUT2D eigenvalue weighted by Gasteiger charge is 2.40. The third kappa shape index (κ3) is 2.22. The van der Waals surface area contributed by atoms with Gasteiger partial charge in [-0.15, -0.1) is 0 Å². The van der Waals surface area contributed by atoms with Gasteiger partial charge in [-0.1, -0.05) is 13.8 Å². The van der Waals surface area contributed by atoms with Crippen LogP contribution in [0.1, 0.15) is 33.6 Å². The van der Waals surface area contributed by atoms with E-state index in [0.29, 0.717) is 12.8 Å². The molecular weight excluding hydrogens is 180 g/mol. The van der Waals surface area contributed by atoms with Gasteiger partial charge < -0.3 is 4.74 Å². The molecule has 78 valence electrons. The van der Waals surface area contributed by atoms with E-state index in [4.69, 9.17) is 4.74 Å². The number of cyclic esters (lactones) is 1. The highest BCUT2D eigenvalue weighted by molar-refractivity contribution is 5.87. The van der Waals surface area contributed by atoms with Crippen LogP contribution >= 0.6 is 0 Å². The lowest BCUT2D eigenvalue weighted by molar-refractivity contribution is -0.147. The van der Waals surface area contributed by atoms with Gasteiger partial charge in [-0.2, -0.15) is 0 Å². The maximum Gasteiger partial charge on any atom is 0.306 e. The molecule has 1 heterocycles. The van der Waals surface area contributed by atoms with Gasteiger partial charge in [-0.05, 0) is 25.0 Å². The molecule has 3 heteroatoms. The minimum Gasteiger partial charge on any atom is -0.454 e. The molecule has 3 nitrogen and oxygen atoms in total. The van der Waals surface area contributed by atoms with Gasteiger partial charge in [0.2, 0.25) is 0 Å². The Hall–Kier alpha value is -1.12. The quantitative estimate of drug-likeness (QED) is 0.511. The molecule has 0 aromatic heterocycles. The average Bonchev–Trinajstić information content (AvgIpc) is 2.45. The first kappa shape index (κ1) is 11.0. The smallest absolute Gasteiger partial charge is 0.306 e. The zero-order valence-electron chi connectivity index (χ0n) is 8.87. The Morgan fingerprint density at radius 3 is 2.57 bits per heavy atom. The SMILES string of the molecule is CC(=O)/C=C/[C@]1(C(C)C)CCC(=O)O1. The highest BCUT2D eigenvalue weighted by atomic mass is 16.6. The number of carbonyl (C=O) groups is 2. The summed E-state index contributed by atoms with van der Waals surface area (Å²) in [5.74, 6) is 0.00410. The molecule has 0 saturated carbocycles. The van der Waals surface area contributed by atoms with Gasteiger partial charge in [-0.25, -0.2) is 0 Å². The molecule has 1 rings (SSSR count). The van der Waals surface area contributed by atoms with E-state index in [0.717, 1.165) is 0 Å². The van der Waals surface area contributed by atoms with Crippen molar-refractivity contribution in [3.05, 3.63) is 12.2 Å². The van der Waals surface area contributed by atoms with E-state index >= 15 is 0 Å². The number of esters is 1. The van der Waals surface area contributed by atoms with Crippen LogP contribution in [-0.4, -0.2) is 17.4 Å². The number of hydrogen-bond donors (Lipinski definition) is 0. The fourth-order valence-electron chi connectivity index (χ4n) is 1.59. The summed E-state index contributed by atoms with van der Waals surface area (Å²) in [6.45, 7) is 5.47. The van der Waals surface area contributed by atoms with Crippen molar-refractivity contribution in [1.29, 1.82) is 0 Å². The Kier molecular flexibility index (Phi) is 3.09. The predicted molar refractivity (Wildman–Crippen MR) is 52.7 cm³/mol. The minimum atomic E-state index is -0.553. The predicted octanol–water partition coefficient (Wildman–Crippen LogP) is 1.86. The van der Waals surface area contributed by atoms with Crippen LogP contribution in [0.4, 0.5) is 0 Å². The van der Waals surface area contributed by atoms with E-state index in [-0.39, 0.29) is 17.7 Å². The zero-order chi connectivity index (χ0) is 10.8. The van der Waals surface area contributed by atoms with Crippen LogP contribution in [0.2, 0.25) is 0 Å². The van der Waals surface area contributed by atoms with Crippen molar-refractivity contribution in [2.45, 2.75) is 39.2 Å². The van der Waals surface area contributed by atoms with E-state index in [1.807, 2.05) is 13.8 Å². The third-order valence-electron chi connectivity index (χ3n) is 2.60. The molecular formula is C11H16O3. The molecule has 0 aromatic carbocycles. The molecule has 0 radical (unpaired) electrons. The largest absolute Gasteiger partial charge is 0.454 e. The summed E-state index contributed by atoms with van der Waals surface area (Å²) in [7, 11) is 0. The van der Waals surface area contributed by atoms with Gasteiger partial charge in [0.25, 0.3) is 0 Å². The second-order valence-corrected chi connectivity index (χ2v) is 4.03. The zero-order valence-corrected chi connectivity index (χ0v) is 8.87. The summed E-state index contributed by atoms with van der Waals surface area (Å²) >= 11 is 0. The molecule has 0 amide bonds. The number of ketones is 1. The van der Waals surface area contributed by atoms with Gasteiger partial charge in [0, 0.05) is 12.8 Å². The Labute approximate surface area is 84.1 Å².